The van der Waals surface area contributed by atoms with Crippen LogP contribution < -0.4 is 10.5 Å². The van der Waals surface area contributed by atoms with E-state index in [1.54, 1.807) is 0 Å². The predicted octanol–water partition coefficient (Wildman–Crippen LogP) is 5.47. The van der Waals surface area contributed by atoms with E-state index >= 15 is 0 Å². The van der Waals surface area contributed by atoms with Crippen molar-refractivity contribution in [2.75, 3.05) is 6.61 Å². The maximum atomic E-state index is 6.05. The topological polar surface area (TPSA) is 35.2 Å². The SMILES string of the molecule is CCC(N)CCC(C)c1ccc(OCC(C)C)c(C(C)C)c1. The molecule has 0 radical (unpaired) electrons. The fourth-order valence-electron chi connectivity index (χ4n) is 2.55. The fourth-order valence-corrected chi connectivity index (χ4v) is 2.55. The van der Waals surface area contributed by atoms with Crippen molar-refractivity contribution in [3.63, 3.8) is 0 Å². The number of hydrogen-bond donors (Lipinski definition) is 1. The first-order chi connectivity index (χ1) is 10.3. The van der Waals surface area contributed by atoms with Crippen LogP contribution in [0, 0.1) is 5.92 Å². The third kappa shape index (κ3) is 6.00. The summed E-state index contributed by atoms with van der Waals surface area (Å²) in [6.07, 6.45) is 3.31. The van der Waals surface area contributed by atoms with Gasteiger partial charge in [-0.15, -0.1) is 0 Å². The molecule has 0 aromatic heterocycles. The van der Waals surface area contributed by atoms with E-state index in [1.807, 2.05) is 0 Å². The fraction of sp³-hybridized carbons (Fsp3) is 0.700. The number of ether oxygens (including phenoxy) is 1. The Hall–Kier alpha value is -1.02. The van der Waals surface area contributed by atoms with Crippen LogP contribution in [0.1, 0.15) is 83.8 Å². The molecule has 0 bridgehead atoms. The summed E-state index contributed by atoms with van der Waals surface area (Å²) in [6, 6.07) is 7.05. The molecule has 2 nitrogen and oxygen atoms in total. The number of hydrogen-bond acceptors (Lipinski definition) is 2. The summed E-state index contributed by atoms with van der Waals surface area (Å²) < 4.78 is 5.99. The van der Waals surface area contributed by atoms with E-state index in [4.69, 9.17) is 10.5 Å². The van der Waals surface area contributed by atoms with Crippen LogP contribution in [0.5, 0.6) is 5.75 Å². The average Bonchev–Trinajstić information content (AvgIpc) is 2.49. The van der Waals surface area contributed by atoms with E-state index in [9.17, 15) is 0 Å². The van der Waals surface area contributed by atoms with Gasteiger partial charge in [-0.2, -0.15) is 0 Å². The first-order valence-electron chi connectivity index (χ1n) is 8.87. The molecule has 0 aliphatic heterocycles. The molecule has 0 amide bonds. The van der Waals surface area contributed by atoms with Gasteiger partial charge < -0.3 is 10.5 Å². The number of nitrogens with two attached hydrogens (primary N) is 1. The lowest BCUT2D eigenvalue weighted by atomic mass is 9.90. The van der Waals surface area contributed by atoms with Crippen molar-refractivity contribution in [1.82, 2.24) is 0 Å². The Morgan fingerprint density at radius 3 is 2.27 bits per heavy atom. The van der Waals surface area contributed by atoms with Crippen LogP contribution in [-0.2, 0) is 0 Å². The summed E-state index contributed by atoms with van der Waals surface area (Å²) in [5.41, 5.74) is 8.78. The number of benzene rings is 1. The van der Waals surface area contributed by atoms with Crippen molar-refractivity contribution in [3.8, 4) is 5.75 Å². The molecule has 22 heavy (non-hydrogen) atoms. The van der Waals surface area contributed by atoms with Gasteiger partial charge in [0.15, 0.2) is 0 Å². The number of rotatable bonds is 9. The van der Waals surface area contributed by atoms with E-state index in [-0.39, 0.29) is 0 Å². The molecular weight excluding hydrogens is 270 g/mol. The van der Waals surface area contributed by atoms with Crippen molar-refractivity contribution in [3.05, 3.63) is 29.3 Å². The van der Waals surface area contributed by atoms with Crippen LogP contribution in [0.15, 0.2) is 18.2 Å². The molecule has 0 heterocycles. The Kier molecular flexibility index (Phi) is 7.95. The van der Waals surface area contributed by atoms with Crippen molar-refractivity contribution < 1.29 is 4.74 Å². The predicted molar refractivity (Wildman–Crippen MR) is 96.8 cm³/mol. The molecule has 1 rings (SSSR count). The minimum absolute atomic E-state index is 0.334. The molecule has 0 aliphatic carbocycles. The normalized spacial score (nSPS) is 14.4. The molecule has 0 saturated carbocycles. The van der Waals surface area contributed by atoms with Crippen LogP contribution in [0.4, 0.5) is 0 Å². The third-order valence-electron chi connectivity index (χ3n) is 4.29. The molecule has 1 aromatic rings. The second-order valence-electron chi connectivity index (χ2n) is 7.30. The van der Waals surface area contributed by atoms with Crippen molar-refractivity contribution in [1.29, 1.82) is 0 Å². The smallest absolute Gasteiger partial charge is 0.122 e. The maximum Gasteiger partial charge on any atom is 0.122 e. The zero-order chi connectivity index (χ0) is 16.7. The highest BCUT2D eigenvalue weighted by Crippen LogP contribution is 2.32. The third-order valence-corrected chi connectivity index (χ3v) is 4.29. The van der Waals surface area contributed by atoms with Gasteiger partial charge in [0.2, 0.25) is 0 Å². The monoisotopic (exact) mass is 305 g/mol. The lowest BCUT2D eigenvalue weighted by Crippen LogP contribution is -2.19. The summed E-state index contributed by atoms with van der Waals surface area (Å²) in [6.45, 7) is 14.1. The van der Waals surface area contributed by atoms with Crippen molar-refractivity contribution in [2.45, 2.75) is 78.7 Å². The minimum Gasteiger partial charge on any atom is -0.493 e. The van der Waals surface area contributed by atoms with Gasteiger partial charge in [-0.05, 0) is 54.2 Å². The molecule has 1 aromatic carbocycles. The Bertz CT molecular complexity index is 439. The van der Waals surface area contributed by atoms with E-state index in [0.29, 0.717) is 23.8 Å². The molecule has 126 valence electrons. The Morgan fingerprint density at radius 2 is 1.73 bits per heavy atom. The van der Waals surface area contributed by atoms with Gasteiger partial charge in [0.1, 0.15) is 5.75 Å². The van der Waals surface area contributed by atoms with Crippen LogP contribution in [-0.4, -0.2) is 12.6 Å². The van der Waals surface area contributed by atoms with Gasteiger partial charge in [0.05, 0.1) is 6.61 Å². The van der Waals surface area contributed by atoms with E-state index < -0.39 is 0 Å². The highest BCUT2D eigenvalue weighted by atomic mass is 16.5. The molecule has 2 unspecified atom stereocenters. The van der Waals surface area contributed by atoms with Crippen molar-refractivity contribution >= 4 is 0 Å². The standard InChI is InChI=1S/C20H35NO/c1-7-18(21)10-8-16(6)17-9-11-20(22-13-14(2)3)19(12-17)15(4)5/h9,11-12,14-16,18H,7-8,10,13,21H2,1-6H3. The lowest BCUT2D eigenvalue weighted by Gasteiger charge is -2.20. The van der Waals surface area contributed by atoms with Gasteiger partial charge in [0, 0.05) is 6.04 Å². The van der Waals surface area contributed by atoms with Gasteiger partial charge in [-0.1, -0.05) is 53.7 Å². The Balaban J connectivity index is 2.82. The highest BCUT2D eigenvalue weighted by Gasteiger charge is 2.14. The molecular formula is C20H35NO. The molecule has 2 N–H and O–H groups in total. The molecule has 2 atom stereocenters. The molecule has 0 saturated heterocycles. The van der Waals surface area contributed by atoms with Crippen molar-refractivity contribution in [2.24, 2.45) is 11.7 Å². The van der Waals surface area contributed by atoms with Gasteiger partial charge >= 0.3 is 0 Å². The zero-order valence-electron chi connectivity index (χ0n) is 15.4. The van der Waals surface area contributed by atoms with E-state index in [0.717, 1.165) is 31.6 Å². The van der Waals surface area contributed by atoms with Crippen LogP contribution in [0.2, 0.25) is 0 Å². The first kappa shape index (κ1) is 19.0. The van der Waals surface area contributed by atoms with E-state index in [1.165, 1.54) is 11.1 Å². The minimum atomic E-state index is 0.334. The summed E-state index contributed by atoms with van der Waals surface area (Å²) in [5.74, 6) is 2.63. The summed E-state index contributed by atoms with van der Waals surface area (Å²) in [7, 11) is 0. The summed E-state index contributed by atoms with van der Waals surface area (Å²) in [4.78, 5) is 0. The Labute approximate surface area is 137 Å². The summed E-state index contributed by atoms with van der Waals surface area (Å²) in [5, 5.41) is 0. The molecule has 0 spiro atoms. The Morgan fingerprint density at radius 1 is 1.05 bits per heavy atom. The highest BCUT2D eigenvalue weighted by molar-refractivity contribution is 5.40. The van der Waals surface area contributed by atoms with Gasteiger partial charge in [0.25, 0.3) is 0 Å². The second-order valence-corrected chi connectivity index (χ2v) is 7.30. The largest absolute Gasteiger partial charge is 0.493 e. The quantitative estimate of drug-likeness (QED) is 0.657. The molecule has 2 heteroatoms. The first-order valence-corrected chi connectivity index (χ1v) is 8.87. The summed E-state index contributed by atoms with van der Waals surface area (Å²) >= 11 is 0. The molecule has 0 fully saturated rings. The maximum absolute atomic E-state index is 6.05. The van der Waals surface area contributed by atoms with E-state index in [2.05, 4.69) is 59.7 Å². The zero-order valence-corrected chi connectivity index (χ0v) is 15.4. The van der Waals surface area contributed by atoms with Gasteiger partial charge in [-0.3, -0.25) is 0 Å². The lowest BCUT2D eigenvalue weighted by molar-refractivity contribution is 0.267. The van der Waals surface area contributed by atoms with Crippen LogP contribution >= 0.6 is 0 Å². The van der Waals surface area contributed by atoms with Crippen LogP contribution in [0.3, 0.4) is 0 Å². The van der Waals surface area contributed by atoms with Gasteiger partial charge in [-0.25, -0.2) is 0 Å². The van der Waals surface area contributed by atoms with Crippen LogP contribution in [0.25, 0.3) is 0 Å². The molecule has 0 aliphatic rings. The second kappa shape index (κ2) is 9.19. The average molecular weight is 306 g/mol.